The van der Waals surface area contributed by atoms with Gasteiger partial charge in [0.2, 0.25) is 0 Å². The molecule has 0 bridgehead atoms. The number of para-hydroxylation sites is 1. The van der Waals surface area contributed by atoms with Gasteiger partial charge in [-0.1, -0.05) is 24.3 Å². The van der Waals surface area contributed by atoms with Crippen LogP contribution in [0.25, 0.3) is 11.0 Å². The number of hydrazone groups is 1. The summed E-state index contributed by atoms with van der Waals surface area (Å²) in [7, 11) is 0. The van der Waals surface area contributed by atoms with E-state index in [2.05, 4.69) is 10.4 Å². The summed E-state index contributed by atoms with van der Waals surface area (Å²) < 4.78 is 24.9. The van der Waals surface area contributed by atoms with Gasteiger partial charge in [-0.3, -0.25) is 4.79 Å². The summed E-state index contributed by atoms with van der Waals surface area (Å²) >= 11 is 0. The van der Waals surface area contributed by atoms with Crippen LogP contribution in [0.2, 0.25) is 0 Å². The van der Waals surface area contributed by atoms with Crippen molar-refractivity contribution in [3.05, 3.63) is 90.3 Å². The maximum absolute atomic E-state index is 13.4. The number of carbonyl (C=O) groups is 1. The minimum atomic E-state index is -0.370. The van der Waals surface area contributed by atoms with E-state index in [-0.39, 0.29) is 24.3 Å². The molecule has 4 aromatic rings. The van der Waals surface area contributed by atoms with Crippen molar-refractivity contribution in [1.82, 2.24) is 5.01 Å². The minimum Gasteiger partial charge on any atom is -0.467 e. The summed E-state index contributed by atoms with van der Waals surface area (Å²) in [6, 6.07) is 18.8. The van der Waals surface area contributed by atoms with Crippen molar-refractivity contribution in [3.8, 4) is 0 Å². The fourth-order valence-electron chi connectivity index (χ4n) is 3.57. The van der Waals surface area contributed by atoms with Gasteiger partial charge in [-0.2, -0.15) is 5.10 Å². The lowest BCUT2D eigenvalue weighted by atomic mass is 10.1. The van der Waals surface area contributed by atoms with Gasteiger partial charge in [0.05, 0.1) is 12.8 Å². The molecule has 0 fully saturated rings. The van der Waals surface area contributed by atoms with Crippen LogP contribution in [0, 0.1) is 5.82 Å². The van der Waals surface area contributed by atoms with Gasteiger partial charge < -0.3 is 14.2 Å². The molecule has 0 saturated carbocycles. The van der Waals surface area contributed by atoms with Crippen LogP contribution < -0.4 is 5.32 Å². The standard InChI is InChI=1S/C23H18FN3O3/c24-16-6-3-7-17(12-16)25-14-23(28)27-19(21-9-4-10-29-21)13-18(26-27)22-11-15-5-1-2-8-20(15)30-22/h1-12,19,25H,13-14H2/t19-/m0/s1. The molecule has 0 spiro atoms. The second-order valence-corrected chi connectivity index (χ2v) is 7.03. The Kier molecular flexibility index (Phi) is 4.55. The Hall–Kier alpha value is -3.87. The Balaban J connectivity index is 1.41. The van der Waals surface area contributed by atoms with Crippen LogP contribution in [0.15, 0.2) is 86.9 Å². The fourth-order valence-corrected chi connectivity index (χ4v) is 3.57. The Bertz CT molecular complexity index is 1200. The van der Waals surface area contributed by atoms with Crippen molar-refractivity contribution in [2.24, 2.45) is 5.10 Å². The molecule has 0 unspecified atom stereocenters. The van der Waals surface area contributed by atoms with E-state index >= 15 is 0 Å². The Labute approximate surface area is 171 Å². The first kappa shape index (κ1) is 18.2. The summed E-state index contributed by atoms with van der Waals surface area (Å²) in [6.45, 7) is -0.0302. The van der Waals surface area contributed by atoms with Gasteiger partial charge >= 0.3 is 0 Å². The molecule has 1 amide bonds. The first-order chi connectivity index (χ1) is 14.7. The predicted octanol–water partition coefficient (Wildman–Crippen LogP) is 4.95. The van der Waals surface area contributed by atoms with Gasteiger partial charge in [0.1, 0.15) is 28.9 Å². The molecule has 1 N–H and O–H groups in total. The van der Waals surface area contributed by atoms with E-state index in [0.29, 0.717) is 29.3 Å². The average Bonchev–Trinajstić information content (AvgIpc) is 3.50. The molecule has 6 nitrogen and oxygen atoms in total. The number of amides is 1. The number of halogens is 1. The van der Waals surface area contributed by atoms with Gasteiger partial charge in [-0.15, -0.1) is 0 Å². The average molecular weight is 403 g/mol. The van der Waals surface area contributed by atoms with E-state index in [4.69, 9.17) is 8.83 Å². The predicted molar refractivity (Wildman–Crippen MR) is 111 cm³/mol. The maximum atomic E-state index is 13.4. The summed E-state index contributed by atoms with van der Waals surface area (Å²) in [4.78, 5) is 12.9. The van der Waals surface area contributed by atoms with Crippen LogP contribution in [-0.2, 0) is 4.79 Å². The second-order valence-electron chi connectivity index (χ2n) is 7.03. The Morgan fingerprint density at radius 1 is 1.13 bits per heavy atom. The van der Waals surface area contributed by atoms with E-state index in [0.717, 1.165) is 11.0 Å². The third-order valence-corrected chi connectivity index (χ3v) is 5.02. The topological polar surface area (TPSA) is 71.0 Å². The number of nitrogens with zero attached hydrogens (tertiary/aromatic N) is 2. The molecular formula is C23H18FN3O3. The number of nitrogens with one attached hydrogen (secondary N) is 1. The smallest absolute Gasteiger partial charge is 0.262 e. The van der Waals surface area contributed by atoms with Crippen LogP contribution in [0.5, 0.6) is 0 Å². The number of benzene rings is 2. The van der Waals surface area contributed by atoms with Crippen LogP contribution in [0.3, 0.4) is 0 Å². The maximum Gasteiger partial charge on any atom is 0.262 e. The molecule has 30 heavy (non-hydrogen) atoms. The van der Waals surface area contributed by atoms with Gasteiger partial charge in [-0.25, -0.2) is 9.40 Å². The van der Waals surface area contributed by atoms with E-state index in [1.54, 1.807) is 24.5 Å². The fraction of sp³-hybridized carbons (Fsp3) is 0.130. The largest absolute Gasteiger partial charge is 0.467 e. The summed E-state index contributed by atoms with van der Waals surface area (Å²) in [5, 5.41) is 9.89. The van der Waals surface area contributed by atoms with Gasteiger partial charge in [0.25, 0.3) is 5.91 Å². The van der Waals surface area contributed by atoms with Crippen molar-refractivity contribution in [2.75, 3.05) is 11.9 Å². The quantitative estimate of drug-likeness (QED) is 0.512. The molecular weight excluding hydrogens is 385 g/mol. The lowest BCUT2D eigenvalue weighted by Crippen LogP contribution is -2.32. The van der Waals surface area contributed by atoms with E-state index in [9.17, 15) is 9.18 Å². The number of anilines is 1. The normalized spacial score (nSPS) is 16.1. The van der Waals surface area contributed by atoms with Gasteiger partial charge in [0, 0.05) is 17.5 Å². The molecule has 1 aliphatic rings. The molecule has 5 rings (SSSR count). The molecule has 0 radical (unpaired) electrons. The molecule has 150 valence electrons. The van der Waals surface area contributed by atoms with E-state index < -0.39 is 0 Å². The SMILES string of the molecule is O=C(CNc1cccc(F)c1)N1N=C(c2cc3ccccc3o2)C[C@H]1c1ccco1. The lowest BCUT2D eigenvalue weighted by molar-refractivity contribution is -0.131. The number of hydrogen-bond donors (Lipinski definition) is 1. The van der Waals surface area contributed by atoms with Crippen LogP contribution >= 0.6 is 0 Å². The first-order valence-electron chi connectivity index (χ1n) is 9.59. The first-order valence-corrected chi connectivity index (χ1v) is 9.59. The van der Waals surface area contributed by atoms with E-state index in [1.807, 2.05) is 36.4 Å². The van der Waals surface area contributed by atoms with Crippen LogP contribution in [-0.4, -0.2) is 23.2 Å². The number of hydrogen-bond acceptors (Lipinski definition) is 5. The highest BCUT2D eigenvalue weighted by Gasteiger charge is 2.35. The molecule has 3 heterocycles. The second kappa shape index (κ2) is 7.51. The molecule has 0 aliphatic carbocycles. The minimum absolute atomic E-state index is 0.0302. The van der Waals surface area contributed by atoms with E-state index in [1.165, 1.54) is 17.1 Å². The molecule has 2 aromatic heterocycles. The highest BCUT2D eigenvalue weighted by Crippen LogP contribution is 2.34. The van der Waals surface area contributed by atoms with Crippen molar-refractivity contribution < 1.29 is 18.0 Å². The molecule has 0 saturated heterocycles. The number of carbonyl (C=O) groups excluding carboxylic acids is 1. The number of furan rings is 2. The zero-order valence-electron chi connectivity index (χ0n) is 15.9. The van der Waals surface area contributed by atoms with Crippen molar-refractivity contribution in [2.45, 2.75) is 12.5 Å². The Morgan fingerprint density at radius 3 is 2.83 bits per heavy atom. The highest BCUT2D eigenvalue weighted by molar-refractivity contribution is 6.03. The highest BCUT2D eigenvalue weighted by atomic mass is 19.1. The number of rotatable bonds is 5. The number of fused-ring (bicyclic) bond motifs is 1. The molecule has 1 atom stereocenters. The van der Waals surface area contributed by atoms with Crippen molar-refractivity contribution >= 4 is 28.3 Å². The zero-order valence-corrected chi connectivity index (χ0v) is 15.9. The molecule has 2 aromatic carbocycles. The third-order valence-electron chi connectivity index (χ3n) is 5.02. The summed E-state index contributed by atoms with van der Waals surface area (Å²) in [6.07, 6.45) is 2.04. The van der Waals surface area contributed by atoms with Gasteiger partial charge in [-0.05, 0) is 42.5 Å². The van der Waals surface area contributed by atoms with Crippen LogP contribution in [0.4, 0.5) is 10.1 Å². The third kappa shape index (κ3) is 3.45. The Morgan fingerprint density at radius 2 is 2.03 bits per heavy atom. The molecule has 7 heteroatoms. The van der Waals surface area contributed by atoms with Crippen molar-refractivity contribution in [3.63, 3.8) is 0 Å². The zero-order chi connectivity index (χ0) is 20.5. The summed E-state index contributed by atoms with van der Waals surface area (Å²) in [5.41, 5.74) is 1.97. The lowest BCUT2D eigenvalue weighted by Gasteiger charge is -2.20. The van der Waals surface area contributed by atoms with Crippen LogP contribution in [0.1, 0.15) is 24.0 Å². The van der Waals surface area contributed by atoms with Crippen molar-refractivity contribution in [1.29, 1.82) is 0 Å². The monoisotopic (exact) mass is 403 g/mol. The summed E-state index contributed by atoms with van der Waals surface area (Å²) in [5.74, 6) is 0.643. The van der Waals surface area contributed by atoms with Gasteiger partial charge in [0.15, 0.2) is 5.76 Å². The molecule has 1 aliphatic heterocycles.